The fraction of sp³-hybridized carbons (Fsp3) is 0.918. The van der Waals surface area contributed by atoms with E-state index in [9.17, 15) is 19.4 Å². The second-order valence-corrected chi connectivity index (χ2v) is 23.9. The molecule has 3 unspecified atom stereocenters. The van der Waals surface area contributed by atoms with Crippen LogP contribution in [0.5, 0.6) is 0 Å². The molecular formula is C61H122N2O6P+. The summed E-state index contributed by atoms with van der Waals surface area (Å²) in [6, 6.07) is -0.843. The van der Waals surface area contributed by atoms with Crippen molar-refractivity contribution in [3.05, 3.63) is 24.3 Å². The second kappa shape index (κ2) is 52.8. The molecule has 0 rings (SSSR count). The second-order valence-electron chi connectivity index (χ2n) is 22.4. The fourth-order valence-electron chi connectivity index (χ4n) is 9.33. The molecule has 0 aromatic carbocycles. The van der Waals surface area contributed by atoms with Crippen molar-refractivity contribution in [3.8, 4) is 0 Å². The Morgan fingerprint density at radius 1 is 0.471 bits per heavy atom. The number of aliphatic hydroxyl groups is 1. The zero-order chi connectivity index (χ0) is 51.3. The average molecular weight is 1010 g/mol. The number of aliphatic hydroxyl groups excluding tert-OH is 1. The number of carbonyl (C=O) groups is 1. The van der Waals surface area contributed by atoms with Crippen LogP contribution in [-0.2, 0) is 18.4 Å². The Balaban J connectivity index is 3.93. The lowest BCUT2D eigenvalue weighted by atomic mass is 10.0. The van der Waals surface area contributed by atoms with Crippen LogP contribution in [0.4, 0.5) is 0 Å². The van der Waals surface area contributed by atoms with Crippen molar-refractivity contribution in [2.75, 3.05) is 40.9 Å². The third-order valence-electron chi connectivity index (χ3n) is 14.2. The van der Waals surface area contributed by atoms with Gasteiger partial charge >= 0.3 is 7.82 Å². The van der Waals surface area contributed by atoms with E-state index in [1.165, 1.54) is 250 Å². The number of hydrogen-bond acceptors (Lipinski definition) is 5. The number of hydrogen-bond donors (Lipinski definition) is 3. The normalized spacial score (nSPS) is 14.0. The van der Waals surface area contributed by atoms with Gasteiger partial charge < -0.3 is 19.8 Å². The smallest absolute Gasteiger partial charge is 0.387 e. The molecule has 8 nitrogen and oxygen atoms in total. The van der Waals surface area contributed by atoms with E-state index in [1.807, 2.05) is 27.2 Å². The first kappa shape index (κ1) is 69.0. The maximum atomic E-state index is 13.0. The third kappa shape index (κ3) is 54.7. The van der Waals surface area contributed by atoms with Crippen molar-refractivity contribution in [2.24, 2.45) is 0 Å². The quantitative estimate of drug-likeness (QED) is 0.0243. The molecule has 0 aliphatic rings. The molecule has 0 aromatic heterocycles. The summed E-state index contributed by atoms with van der Waals surface area (Å²) in [5.74, 6) is -0.172. The lowest BCUT2D eigenvalue weighted by Crippen LogP contribution is -2.45. The fourth-order valence-corrected chi connectivity index (χ4v) is 10.1. The van der Waals surface area contributed by atoms with Crippen LogP contribution in [0.2, 0.25) is 0 Å². The molecule has 0 fully saturated rings. The first-order valence-corrected chi connectivity index (χ1v) is 32.2. The van der Waals surface area contributed by atoms with Crippen molar-refractivity contribution in [3.63, 3.8) is 0 Å². The van der Waals surface area contributed by atoms with Gasteiger partial charge in [-0.3, -0.25) is 13.8 Å². The van der Waals surface area contributed by atoms with Crippen LogP contribution < -0.4 is 5.32 Å². The summed E-state index contributed by atoms with van der Waals surface area (Å²) in [6.07, 6.45) is 67.4. The zero-order valence-electron chi connectivity index (χ0n) is 47.5. The Kier molecular flexibility index (Phi) is 52.1. The highest BCUT2D eigenvalue weighted by Gasteiger charge is 2.27. The molecule has 0 saturated heterocycles. The maximum Gasteiger partial charge on any atom is 0.472 e. The van der Waals surface area contributed by atoms with Gasteiger partial charge in [0.05, 0.1) is 39.9 Å². The maximum absolute atomic E-state index is 13.0. The minimum absolute atomic E-state index is 0.0637. The number of phosphoric ester groups is 1. The van der Waals surface area contributed by atoms with Crippen LogP contribution in [0.25, 0.3) is 0 Å². The highest BCUT2D eigenvalue weighted by Crippen LogP contribution is 2.43. The molecule has 0 saturated carbocycles. The summed E-state index contributed by atoms with van der Waals surface area (Å²) in [7, 11) is 1.58. The van der Waals surface area contributed by atoms with Gasteiger partial charge in [-0.2, -0.15) is 0 Å². The molecule has 416 valence electrons. The number of likely N-dealkylation sites (N-methyl/N-ethyl adjacent to an activating group) is 1. The molecule has 70 heavy (non-hydrogen) atoms. The molecular weight excluding hydrogens is 888 g/mol. The van der Waals surface area contributed by atoms with Gasteiger partial charge in [-0.1, -0.05) is 282 Å². The van der Waals surface area contributed by atoms with Crippen LogP contribution in [0.1, 0.15) is 309 Å². The van der Waals surface area contributed by atoms with Crippen LogP contribution in [0.3, 0.4) is 0 Å². The number of amides is 1. The predicted molar refractivity (Wildman–Crippen MR) is 305 cm³/mol. The number of phosphoric acid groups is 1. The summed E-state index contributed by atoms with van der Waals surface area (Å²) in [5.41, 5.74) is 0. The van der Waals surface area contributed by atoms with Crippen molar-refractivity contribution in [1.29, 1.82) is 0 Å². The third-order valence-corrected chi connectivity index (χ3v) is 15.1. The van der Waals surface area contributed by atoms with Gasteiger partial charge in [0.2, 0.25) is 5.91 Å². The van der Waals surface area contributed by atoms with Gasteiger partial charge in [0.1, 0.15) is 13.2 Å². The average Bonchev–Trinajstić information content (AvgIpc) is 3.32. The Labute approximate surface area is 436 Å². The van der Waals surface area contributed by atoms with E-state index in [-0.39, 0.29) is 19.1 Å². The SMILES string of the molecule is CCCCCCCCCCCCC/C=C/C(O)C(COP(=O)(O)OCC[N+](C)(C)C)NC(=O)CCCCCCCCCCCCCCCCCCC/C=C\CCCCCCCCCCCCCCCC. The van der Waals surface area contributed by atoms with Gasteiger partial charge in [-0.05, 0) is 44.9 Å². The van der Waals surface area contributed by atoms with Crippen molar-refractivity contribution in [1.82, 2.24) is 5.32 Å². The van der Waals surface area contributed by atoms with E-state index >= 15 is 0 Å². The summed E-state index contributed by atoms with van der Waals surface area (Å²) in [4.78, 5) is 23.3. The predicted octanol–water partition coefficient (Wildman–Crippen LogP) is 18.8. The molecule has 0 aliphatic heterocycles. The van der Waals surface area contributed by atoms with Gasteiger partial charge in [-0.25, -0.2) is 4.57 Å². The summed E-state index contributed by atoms with van der Waals surface area (Å²) >= 11 is 0. The summed E-state index contributed by atoms with van der Waals surface area (Å²) in [6.45, 7) is 4.85. The number of nitrogens with one attached hydrogen (secondary N) is 1. The Morgan fingerprint density at radius 3 is 1.10 bits per heavy atom. The summed E-state index contributed by atoms with van der Waals surface area (Å²) < 4.78 is 23.7. The van der Waals surface area contributed by atoms with Gasteiger partial charge in [-0.15, -0.1) is 0 Å². The number of rotatable bonds is 57. The van der Waals surface area contributed by atoms with E-state index in [0.29, 0.717) is 17.4 Å². The standard InChI is InChI=1S/C61H121N2O6P/c1-6-8-10-12-14-16-18-20-21-22-23-24-25-26-27-28-29-30-31-32-33-34-35-36-37-38-39-40-41-43-45-47-49-51-53-55-61(65)62-59(58-69-70(66,67)68-57-56-63(3,4)5)60(64)54-52-50-48-46-44-42-19-17-15-13-11-9-7-2/h28-29,52,54,59-60,64H,6-27,30-51,53,55-58H2,1-5H3,(H-,62,65,66,67)/p+1/b29-28-,54-52+. The summed E-state index contributed by atoms with van der Waals surface area (Å²) in [5, 5.41) is 13.9. The van der Waals surface area contributed by atoms with Crippen LogP contribution >= 0.6 is 7.82 Å². The monoisotopic (exact) mass is 1010 g/mol. The first-order chi connectivity index (χ1) is 34.0. The lowest BCUT2D eigenvalue weighted by Gasteiger charge is -2.25. The largest absolute Gasteiger partial charge is 0.472 e. The van der Waals surface area contributed by atoms with Gasteiger partial charge in [0.15, 0.2) is 0 Å². The molecule has 0 bridgehead atoms. The zero-order valence-corrected chi connectivity index (χ0v) is 48.4. The Morgan fingerprint density at radius 2 is 0.771 bits per heavy atom. The number of allylic oxidation sites excluding steroid dienone is 3. The molecule has 0 radical (unpaired) electrons. The highest BCUT2D eigenvalue weighted by molar-refractivity contribution is 7.47. The van der Waals surface area contributed by atoms with E-state index in [2.05, 4.69) is 31.3 Å². The minimum atomic E-state index is -4.34. The van der Waals surface area contributed by atoms with E-state index in [0.717, 1.165) is 38.5 Å². The highest BCUT2D eigenvalue weighted by atomic mass is 31.2. The Hall–Kier alpha value is -1.02. The lowest BCUT2D eigenvalue weighted by molar-refractivity contribution is -0.870. The minimum Gasteiger partial charge on any atom is -0.387 e. The van der Waals surface area contributed by atoms with Crippen molar-refractivity contribution in [2.45, 2.75) is 321 Å². The van der Waals surface area contributed by atoms with Crippen molar-refractivity contribution >= 4 is 13.7 Å². The van der Waals surface area contributed by atoms with E-state index in [4.69, 9.17) is 9.05 Å². The molecule has 0 aromatic rings. The van der Waals surface area contributed by atoms with E-state index in [1.54, 1.807) is 6.08 Å². The Bertz CT molecular complexity index is 1190. The molecule has 3 N–H and O–H groups in total. The molecule has 1 amide bonds. The van der Waals surface area contributed by atoms with E-state index < -0.39 is 20.0 Å². The number of quaternary nitrogens is 1. The number of unbranched alkanes of at least 4 members (excludes halogenated alkanes) is 42. The topological polar surface area (TPSA) is 105 Å². The van der Waals surface area contributed by atoms with Gasteiger partial charge in [0, 0.05) is 6.42 Å². The first-order valence-electron chi connectivity index (χ1n) is 30.7. The molecule has 3 atom stereocenters. The molecule has 0 heterocycles. The van der Waals surface area contributed by atoms with Gasteiger partial charge in [0.25, 0.3) is 0 Å². The van der Waals surface area contributed by atoms with Crippen LogP contribution in [0, 0.1) is 0 Å². The molecule has 0 aliphatic carbocycles. The van der Waals surface area contributed by atoms with Crippen LogP contribution in [-0.4, -0.2) is 73.4 Å². The number of nitrogens with zero attached hydrogens (tertiary/aromatic N) is 1. The van der Waals surface area contributed by atoms with Crippen LogP contribution in [0.15, 0.2) is 24.3 Å². The van der Waals surface area contributed by atoms with Crippen molar-refractivity contribution < 1.29 is 32.9 Å². The molecule has 0 spiro atoms. The molecule has 9 heteroatoms. The number of carbonyl (C=O) groups excluding carboxylic acids is 1.